The first-order chi connectivity index (χ1) is 12.1. The summed E-state index contributed by atoms with van der Waals surface area (Å²) in [6.45, 7) is 0. The Labute approximate surface area is 153 Å². The zero-order chi connectivity index (χ0) is 17.3. The van der Waals surface area contributed by atoms with Crippen molar-refractivity contribution in [3.05, 3.63) is 57.8 Å². The van der Waals surface area contributed by atoms with Crippen molar-refractivity contribution in [2.75, 3.05) is 0 Å². The van der Waals surface area contributed by atoms with Crippen LogP contribution in [0.3, 0.4) is 0 Å². The minimum atomic E-state index is -0.166. The predicted molar refractivity (Wildman–Crippen MR) is 94.2 cm³/mol. The summed E-state index contributed by atoms with van der Waals surface area (Å²) in [4.78, 5) is 0. The van der Waals surface area contributed by atoms with Crippen LogP contribution in [0.25, 0.3) is 11.4 Å². The van der Waals surface area contributed by atoms with Crippen LogP contribution < -0.4 is 0 Å². The highest BCUT2D eigenvalue weighted by molar-refractivity contribution is 6.36. The molecule has 128 valence electrons. The normalized spacial score (nSPS) is 21.0. The van der Waals surface area contributed by atoms with Crippen molar-refractivity contribution < 1.29 is 14.9 Å². The number of aromatic hydroxyl groups is 2. The molecule has 3 aromatic rings. The number of nitrogens with zero attached hydrogens (tertiary/aromatic N) is 2. The third-order valence-corrected chi connectivity index (χ3v) is 5.60. The topological polar surface area (TPSA) is 59.5 Å². The van der Waals surface area contributed by atoms with Crippen molar-refractivity contribution in [2.24, 2.45) is 0 Å². The number of halogens is 2. The molecule has 4 heterocycles. The van der Waals surface area contributed by atoms with E-state index in [9.17, 15) is 10.2 Å². The molecule has 2 atom stereocenters. The third kappa shape index (κ3) is 2.00. The minimum Gasteiger partial charge on any atom is -0.494 e. The van der Waals surface area contributed by atoms with E-state index in [1.807, 2.05) is 29.1 Å². The largest absolute Gasteiger partial charge is 0.494 e. The molecule has 0 spiro atoms. The molecule has 2 bridgehead atoms. The van der Waals surface area contributed by atoms with Crippen molar-refractivity contribution in [3.63, 3.8) is 0 Å². The van der Waals surface area contributed by atoms with E-state index < -0.39 is 0 Å². The molecule has 0 aliphatic carbocycles. The molecule has 5 nitrogen and oxygen atoms in total. The van der Waals surface area contributed by atoms with Gasteiger partial charge in [0.2, 0.25) is 11.8 Å². The van der Waals surface area contributed by atoms with Gasteiger partial charge in [0.15, 0.2) is 0 Å². The van der Waals surface area contributed by atoms with Crippen molar-refractivity contribution >= 4 is 23.2 Å². The van der Waals surface area contributed by atoms with E-state index in [4.69, 9.17) is 27.9 Å². The van der Waals surface area contributed by atoms with Crippen molar-refractivity contribution in [1.82, 2.24) is 9.13 Å². The van der Waals surface area contributed by atoms with E-state index in [0.717, 1.165) is 18.5 Å². The van der Waals surface area contributed by atoms with Crippen LogP contribution in [0.15, 0.2) is 36.7 Å². The molecule has 5 rings (SSSR count). The number of benzene rings is 1. The lowest BCUT2D eigenvalue weighted by Crippen LogP contribution is -1.99. The van der Waals surface area contributed by atoms with E-state index in [0.29, 0.717) is 26.9 Å². The summed E-state index contributed by atoms with van der Waals surface area (Å²) in [5.74, 6) is -0.0715. The van der Waals surface area contributed by atoms with Gasteiger partial charge < -0.3 is 19.5 Å². The summed E-state index contributed by atoms with van der Waals surface area (Å²) in [7, 11) is 0. The quantitative estimate of drug-likeness (QED) is 0.668. The Kier molecular flexibility index (Phi) is 3.17. The maximum absolute atomic E-state index is 10.7. The Morgan fingerprint density at radius 2 is 1.40 bits per heavy atom. The SMILES string of the molecule is Oc1c2c(c(O)n1-c1cc(Cl)c(-n3cccc3)cc1Cl)[C@H]1CC[C@@H]2O1. The maximum Gasteiger partial charge on any atom is 0.205 e. The fraction of sp³-hybridized carbons (Fsp3) is 0.222. The summed E-state index contributed by atoms with van der Waals surface area (Å²) in [5, 5.41) is 22.2. The maximum atomic E-state index is 10.7. The molecule has 25 heavy (non-hydrogen) atoms. The van der Waals surface area contributed by atoms with Gasteiger partial charge in [0.1, 0.15) is 0 Å². The fourth-order valence-electron chi connectivity index (χ4n) is 3.90. The summed E-state index contributed by atoms with van der Waals surface area (Å²) in [6.07, 6.45) is 5.09. The fourth-order valence-corrected chi connectivity index (χ4v) is 4.40. The Balaban J connectivity index is 1.70. The molecule has 0 radical (unpaired) electrons. The van der Waals surface area contributed by atoms with Gasteiger partial charge in [-0.2, -0.15) is 0 Å². The Bertz CT molecular complexity index is 961. The first kappa shape index (κ1) is 15.2. The lowest BCUT2D eigenvalue weighted by Gasteiger charge is -2.14. The van der Waals surface area contributed by atoms with Crippen LogP contribution in [0.2, 0.25) is 10.0 Å². The molecule has 0 saturated carbocycles. The predicted octanol–water partition coefficient (Wildman–Crippen LogP) is 4.89. The van der Waals surface area contributed by atoms with Crippen LogP contribution in [0.1, 0.15) is 36.2 Å². The van der Waals surface area contributed by atoms with Crippen molar-refractivity contribution in [3.8, 4) is 23.1 Å². The standard InChI is InChI=1S/C18H14Cl2N2O3/c19-9-8-12(10(20)7-11(9)21-5-1-2-6-21)22-17(23)15-13-3-4-14(25-13)16(15)18(22)24/h1-2,5-8,13-14,23-24H,3-4H2/t13-,14+. The summed E-state index contributed by atoms with van der Waals surface area (Å²) >= 11 is 12.9. The highest BCUT2D eigenvalue weighted by atomic mass is 35.5. The number of hydrogen-bond acceptors (Lipinski definition) is 3. The number of hydrogen-bond donors (Lipinski definition) is 2. The monoisotopic (exact) mass is 376 g/mol. The van der Waals surface area contributed by atoms with Gasteiger partial charge in [-0.25, -0.2) is 4.57 Å². The van der Waals surface area contributed by atoms with E-state index >= 15 is 0 Å². The molecule has 7 heteroatoms. The zero-order valence-corrected chi connectivity index (χ0v) is 14.5. The second-order valence-electron chi connectivity index (χ2n) is 6.35. The van der Waals surface area contributed by atoms with Gasteiger partial charge in [-0.1, -0.05) is 23.2 Å². The van der Waals surface area contributed by atoms with E-state index in [-0.39, 0.29) is 24.0 Å². The van der Waals surface area contributed by atoms with Crippen LogP contribution in [-0.2, 0) is 4.74 Å². The van der Waals surface area contributed by atoms with Gasteiger partial charge in [-0.15, -0.1) is 0 Å². The Morgan fingerprint density at radius 3 is 2.00 bits per heavy atom. The summed E-state index contributed by atoms with van der Waals surface area (Å²) < 4.78 is 8.96. The average Bonchev–Trinajstić information content (AvgIpc) is 3.35. The number of fused-ring (bicyclic) bond motifs is 5. The van der Waals surface area contributed by atoms with Gasteiger partial charge >= 0.3 is 0 Å². The molecule has 1 saturated heterocycles. The highest BCUT2D eigenvalue weighted by Crippen LogP contribution is 2.58. The van der Waals surface area contributed by atoms with Gasteiger partial charge in [0.25, 0.3) is 0 Å². The third-order valence-electron chi connectivity index (χ3n) is 5.00. The molecule has 0 unspecified atom stereocenters. The summed E-state index contributed by atoms with van der Waals surface area (Å²) in [6, 6.07) is 7.15. The lowest BCUT2D eigenvalue weighted by atomic mass is 9.95. The molecule has 2 aliphatic heterocycles. The number of ether oxygens (including phenoxy) is 1. The second-order valence-corrected chi connectivity index (χ2v) is 7.16. The Hall–Kier alpha value is -2.08. The van der Waals surface area contributed by atoms with Crippen molar-refractivity contribution in [2.45, 2.75) is 25.0 Å². The molecule has 2 aromatic heterocycles. The Morgan fingerprint density at radius 1 is 0.880 bits per heavy atom. The van der Waals surface area contributed by atoms with Crippen LogP contribution in [0, 0.1) is 0 Å². The first-order valence-electron chi connectivity index (χ1n) is 8.01. The lowest BCUT2D eigenvalue weighted by molar-refractivity contribution is 0.0683. The first-order valence-corrected chi connectivity index (χ1v) is 8.76. The molecule has 1 fully saturated rings. The van der Waals surface area contributed by atoms with Crippen LogP contribution in [-0.4, -0.2) is 19.3 Å². The van der Waals surface area contributed by atoms with E-state index in [2.05, 4.69) is 0 Å². The van der Waals surface area contributed by atoms with E-state index in [1.165, 1.54) is 4.57 Å². The smallest absolute Gasteiger partial charge is 0.205 e. The number of aromatic nitrogens is 2. The second kappa shape index (κ2) is 5.21. The summed E-state index contributed by atoms with van der Waals surface area (Å²) in [5.41, 5.74) is 2.49. The van der Waals surface area contributed by atoms with Gasteiger partial charge in [-0.05, 0) is 37.1 Å². The zero-order valence-electron chi connectivity index (χ0n) is 13.0. The minimum absolute atomic E-state index is 0.0358. The molecular formula is C18H14Cl2N2O3. The van der Waals surface area contributed by atoms with Gasteiger partial charge in [-0.3, -0.25) is 0 Å². The van der Waals surface area contributed by atoms with E-state index in [1.54, 1.807) is 12.1 Å². The molecule has 2 aliphatic rings. The average molecular weight is 377 g/mol. The molecule has 0 amide bonds. The van der Waals surface area contributed by atoms with Crippen LogP contribution in [0.4, 0.5) is 0 Å². The number of rotatable bonds is 2. The van der Waals surface area contributed by atoms with Gasteiger partial charge in [0, 0.05) is 12.4 Å². The molecule has 1 aromatic carbocycles. The van der Waals surface area contributed by atoms with Crippen LogP contribution >= 0.6 is 23.2 Å². The van der Waals surface area contributed by atoms with Crippen LogP contribution in [0.5, 0.6) is 11.8 Å². The van der Waals surface area contributed by atoms with Crippen molar-refractivity contribution in [1.29, 1.82) is 0 Å². The van der Waals surface area contributed by atoms with Gasteiger partial charge in [0.05, 0.1) is 44.8 Å². The molecular weight excluding hydrogens is 363 g/mol. The highest BCUT2D eigenvalue weighted by Gasteiger charge is 2.45. The molecule has 2 N–H and O–H groups in total.